The summed E-state index contributed by atoms with van der Waals surface area (Å²) in [6.45, 7) is 11.9. The molecule has 1 heterocycles. The lowest BCUT2D eigenvalue weighted by atomic mass is 10.1. The van der Waals surface area contributed by atoms with Gasteiger partial charge in [-0.2, -0.15) is 4.21 Å². The van der Waals surface area contributed by atoms with Crippen LogP contribution in [0.15, 0.2) is 64.5 Å². The lowest BCUT2D eigenvalue weighted by Gasteiger charge is -2.29. The number of amides is 2. The Morgan fingerprint density at radius 1 is 0.887 bits per heavy atom. The van der Waals surface area contributed by atoms with Crippen LogP contribution in [0.2, 0.25) is 30.1 Å². The van der Waals surface area contributed by atoms with Crippen LogP contribution in [0, 0.1) is 6.92 Å². The molecule has 0 saturated carbocycles. The highest BCUT2D eigenvalue weighted by Gasteiger charge is 2.43. The summed E-state index contributed by atoms with van der Waals surface area (Å²) >= 11 is 38.1. The van der Waals surface area contributed by atoms with E-state index >= 15 is 0 Å². The molecule has 2 unspecified atom stereocenters. The van der Waals surface area contributed by atoms with Gasteiger partial charge in [0.1, 0.15) is 16.8 Å². The quantitative estimate of drug-likeness (QED) is 0.0511. The van der Waals surface area contributed by atoms with Crippen LogP contribution in [0.1, 0.15) is 71.8 Å². The summed E-state index contributed by atoms with van der Waals surface area (Å²) in [5, 5.41) is 2.36. The fraction of sp³-hybridized carbons (Fsp3) is 0.372. The predicted octanol–water partition coefficient (Wildman–Crippen LogP) is 13.3. The van der Waals surface area contributed by atoms with Gasteiger partial charge >= 0.3 is 11.3 Å². The fourth-order valence-corrected chi connectivity index (χ4v) is 9.69. The molecule has 0 aromatic heterocycles. The minimum absolute atomic E-state index is 0.0519. The predicted molar refractivity (Wildman–Crippen MR) is 262 cm³/mol. The van der Waals surface area contributed by atoms with Gasteiger partial charge in [0, 0.05) is 37.6 Å². The SMILES string of the molecule is CCCCOc1c(OS(=O)N(C)c2ccccc2SC2C(=O)N(c3c(Cl)c(Cl)c(Cl)c(Cl)c3Cl)NC2=Nc2cc(NC(C)=O)ccc2Cl)cc(C)cc1N(CCCC)CCCC. The summed E-state index contributed by atoms with van der Waals surface area (Å²) < 4.78 is 28.6. The van der Waals surface area contributed by atoms with Crippen molar-refractivity contribution < 1.29 is 22.7 Å². The summed E-state index contributed by atoms with van der Waals surface area (Å²) in [5.41, 5.74) is 5.95. The topological polar surface area (TPSA) is 116 Å². The molecule has 0 radical (unpaired) electrons. The fourth-order valence-electron chi connectivity index (χ4n) is 6.31. The molecule has 62 heavy (non-hydrogen) atoms. The first-order valence-electron chi connectivity index (χ1n) is 20.0. The smallest absolute Gasteiger partial charge is 0.318 e. The Morgan fingerprint density at radius 2 is 1.52 bits per heavy atom. The molecule has 1 aliphatic heterocycles. The maximum absolute atomic E-state index is 14.6. The van der Waals surface area contributed by atoms with E-state index in [1.807, 2.05) is 13.0 Å². The van der Waals surface area contributed by atoms with Crippen LogP contribution in [0.3, 0.4) is 0 Å². The summed E-state index contributed by atoms with van der Waals surface area (Å²) in [4.78, 5) is 34.1. The van der Waals surface area contributed by atoms with Gasteiger partial charge in [-0.05, 0) is 74.2 Å². The third-order valence-corrected chi connectivity index (χ3v) is 14.3. The molecule has 0 bridgehead atoms. The van der Waals surface area contributed by atoms with E-state index in [4.69, 9.17) is 83.5 Å². The number of anilines is 4. The van der Waals surface area contributed by atoms with Crippen molar-refractivity contribution in [2.75, 3.05) is 46.3 Å². The number of carbonyl (C=O) groups excluding carboxylic acids is 2. The van der Waals surface area contributed by atoms with Crippen LogP contribution in [0.25, 0.3) is 0 Å². The maximum atomic E-state index is 14.6. The number of carbonyl (C=O) groups is 2. The van der Waals surface area contributed by atoms with Crippen LogP contribution in [-0.2, 0) is 20.9 Å². The van der Waals surface area contributed by atoms with Gasteiger partial charge in [-0.1, -0.05) is 122 Å². The number of para-hydroxylation sites is 1. The summed E-state index contributed by atoms with van der Waals surface area (Å²) in [6, 6.07) is 15.8. The molecule has 2 N–H and O–H groups in total. The second-order valence-corrected chi connectivity index (χ2v) is 18.9. The van der Waals surface area contributed by atoms with Crippen LogP contribution >= 0.6 is 81.4 Å². The number of rotatable bonds is 20. The third kappa shape index (κ3) is 11.9. The number of hydrazine groups is 1. The van der Waals surface area contributed by atoms with Gasteiger partial charge < -0.3 is 19.1 Å². The van der Waals surface area contributed by atoms with E-state index < -0.39 is 22.4 Å². The summed E-state index contributed by atoms with van der Waals surface area (Å²) in [6.07, 6.45) is 5.87. The molecule has 5 rings (SSSR count). The molecule has 334 valence electrons. The number of aliphatic imine (C=N–C) groups is 1. The average molecular weight is 1010 g/mol. The highest BCUT2D eigenvalue weighted by molar-refractivity contribution is 8.01. The van der Waals surface area contributed by atoms with Crippen molar-refractivity contribution in [2.45, 2.75) is 83.3 Å². The number of amidine groups is 1. The van der Waals surface area contributed by atoms with E-state index in [1.165, 1.54) is 11.2 Å². The molecule has 2 amide bonds. The Kier molecular flexibility index (Phi) is 18.5. The molecule has 11 nitrogen and oxygen atoms in total. The molecular weight excluding hydrogens is 957 g/mol. The first-order valence-corrected chi connectivity index (χ1v) is 24.2. The van der Waals surface area contributed by atoms with Gasteiger partial charge in [0.15, 0.2) is 11.5 Å². The van der Waals surface area contributed by atoms with Crippen molar-refractivity contribution in [3.63, 3.8) is 0 Å². The number of hydrogen-bond donors (Lipinski definition) is 2. The first-order chi connectivity index (χ1) is 29.6. The van der Waals surface area contributed by atoms with Gasteiger partial charge in [0.05, 0.1) is 53.8 Å². The van der Waals surface area contributed by atoms with E-state index in [2.05, 4.69) is 42.5 Å². The van der Waals surface area contributed by atoms with Crippen molar-refractivity contribution in [1.29, 1.82) is 0 Å². The lowest BCUT2D eigenvalue weighted by Crippen LogP contribution is -2.36. The van der Waals surface area contributed by atoms with E-state index in [0.29, 0.717) is 34.4 Å². The highest BCUT2D eigenvalue weighted by Crippen LogP contribution is 2.50. The zero-order valence-electron chi connectivity index (χ0n) is 35.1. The molecule has 4 aromatic rings. The monoisotopic (exact) mass is 1000 g/mol. The standard InChI is InChI=1S/C43H48Cl6N6O5S2/c1-7-10-19-54(20-11-8-2)31-22-25(4)23-32(40(31)59-21-12-9-3)60-62(58)53(6)30-15-13-14-16-33(30)61-41-42(51-29-24-27(50-26(5)56)17-18-28(29)44)52-55(43(41)57)39-37(48)35(46)34(45)36(47)38(39)49/h13-18,22-24,41H,7-12,19-21H2,1-6H3,(H,50,56)(H,51,52). The first kappa shape index (κ1) is 49.7. The molecule has 0 aliphatic carbocycles. The Balaban J connectivity index is 1.55. The van der Waals surface area contributed by atoms with Crippen molar-refractivity contribution in [1.82, 2.24) is 5.43 Å². The zero-order chi connectivity index (χ0) is 45.2. The molecule has 1 fully saturated rings. The number of ether oxygens (including phenoxy) is 1. The highest BCUT2D eigenvalue weighted by atomic mass is 35.5. The number of thioether (sulfide) groups is 1. The number of benzene rings is 4. The van der Waals surface area contributed by atoms with Crippen molar-refractivity contribution in [3.05, 3.63) is 90.3 Å². The molecule has 2 atom stereocenters. The van der Waals surface area contributed by atoms with Crippen LogP contribution in [0.5, 0.6) is 11.5 Å². The number of nitrogens with one attached hydrogen (secondary N) is 2. The molecular formula is C43H48Cl6N6O5S2. The number of hydrogen-bond acceptors (Lipinski definition) is 8. The van der Waals surface area contributed by atoms with E-state index in [9.17, 15) is 13.8 Å². The number of unbranched alkanes of at least 4 members (excludes halogenated alkanes) is 3. The second-order valence-electron chi connectivity index (χ2n) is 14.3. The number of aryl methyl sites for hydroxylation is 1. The average Bonchev–Trinajstić information content (AvgIpc) is 3.53. The maximum Gasteiger partial charge on any atom is 0.318 e. The van der Waals surface area contributed by atoms with Crippen LogP contribution in [-0.4, -0.2) is 53.9 Å². The molecule has 1 aliphatic rings. The molecule has 0 spiro atoms. The Morgan fingerprint density at radius 3 is 2.15 bits per heavy atom. The van der Waals surface area contributed by atoms with Gasteiger partial charge in [0.25, 0.3) is 5.91 Å². The van der Waals surface area contributed by atoms with Gasteiger partial charge in [-0.25, -0.2) is 10.0 Å². The number of halogens is 6. The minimum Gasteiger partial charge on any atom is -0.488 e. The summed E-state index contributed by atoms with van der Waals surface area (Å²) in [7, 11) is 1.64. The van der Waals surface area contributed by atoms with Crippen molar-refractivity contribution in [2.24, 2.45) is 4.99 Å². The Bertz CT molecular complexity index is 2300. The molecule has 4 aromatic carbocycles. The molecule has 19 heteroatoms. The Hall–Kier alpha value is -3.27. The van der Waals surface area contributed by atoms with E-state index in [-0.39, 0.29) is 53.3 Å². The Labute approximate surface area is 400 Å². The number of nitrogens with zero attached hydrogens (tertiary/aromatic N) is 4. The van der Waals surface area contributed by atoms with E-state index in [0.717, 1.165) is 79.6 Å². The van der Waals surface area contributed by atoms with Gasteiger partial charge in [-0.3, -0.25) is 19.3 Å². The zero-order valence-corrected chi connectivity index (χ0v) is 41.2. The largest absolute Gasteiger partial charge is 0.488 e. The van der Waals surface area contributed by atoms with Gasteiger partial charge in [-0.15, -0.1) is 11.8 Å². The molecule has 1 saturated heterocycles. The van der Waals surface area contributed by atoms with E-state index in [1.54, 1.807) is 49.5 Å². The summed E-state index contributed by atoms with van der Waals surface area (Å²) in [5.74, 6) is 0.157. The van der Waals surface area contributed by atoms with Gasteiger partial charge in [0.2, 0.25) is 5.91 Å². The lowest BCUT2D eigenvalue weighted by molar-refractivity contribution is -0.116. The van der Waals surface area contributed by atoms with Crippen LogP contribution in [0.4, 0.5) is 28.4 Å². The van der Waals surface area contributed by atoms with Crippen LogP contribution < -0.4 is 33.9 Å². The second kappa shape index (κ2) is 23.1. The van der Waals surface area contributed by atoms with Crippen molar-refractivity contribution >= 4 is 139 Å². The normalized spacial score (nSPS) is 14.8. The van der Waals surface area contributed by atoms with Crippen molar-refractivity contribution in [3.8, 4) is 11.5 Å². The third-order valence-electron chi connectivity index (χ3n) is 9.50. The minimum atomic E-state index is -2.10.